The summed E-state index contributed by atoms with van der Waals surface area (Å²) in [6.45, 7) is 8.02. The van der Waals surface area contributed by atoms with Gasteiger partial charge in [-0.3, -0.25) is 4.79 Å². The molecule has 0 bridgehead atoms. The Morgan fingerprint density at radius 2 is 1.78 bits per heavy atom. The number of carboxylic acids is 1. The Labute approximate surface area is 107 Å². The van der Waals surface area contributed by atoms with Crippen molar-refractivity contribution in [1.29, 1.82) is 0 Å². The first-order chi connectivity index (χ1) is 8.56. The number of methoxy groups -OCH3 is 1. The van der Waals surface area contributed by atoms with Gasteiger partial charge in [0, 0.05) is 26.7 Å². The predicted octanol–water partition coefficient (Wildman–Crippen LogP) is 0.813. The fourth-order valence-electron chi connectivity index (χ4n) is 1.35. The van der Waals surface area contributed by atoms with E-state index in [0.717, 1.165) is 0 Å². The molecule has 0 heterocycles. The van der Waals surface area contributed by atoms with Crippen LogP contribution in [0.5, 0.6) is 0 Å². The van der Waals surface area contributed by atoms with Gasteiger partial charge in [0.25, 0.3) is 0 Å². The van der Waals surface area contributed by atoms with Crippen LogP contribution >= 0.6 is 0 Å². The molecule has 0 saturated carbocycles. The SMILES string of the molecule is C=CCN(CCOC)C(=O)N(CC=C)CC(=O)O. The zero-order valence-corrected chi connectivity index (χ0v) is 10.7. The van der Waals surface area contributed by atoms with Gasteiger partial charge in [0.2, 0.25) is 0 Å². The van der Waals surface area contributed by atoms with Crippen molar-refractivity contribution in [2.45, 2.75) is 0 Å². The summed E-state index contributed by atoms with van der Waals surface area (Å²) in [5.74, 6) is -1.06. The van der Waals surface area contributed by atoms with Crippen LogP contribution in [0.2, 0.25) is 0 Å². The van der Waals surface area contributed by atoms with Gasteiger partial charge in [0.05, 0.1) is 6.61 Å². The number of hydrogen-bond donors (Lipinski definition) is 1. The number of amides is 2. The second kappa shape index (κ2) is 9.23. The lowest BCUT2D eigenvalue weighted by Gasteiger charge is -2.28. The van der Waals surface area contributed by atoms with Gasteiger partial charge in [-0.2, -0.15) is 0 Å². The Bertz CT molecular complexity index is 304. The van der Waals surface area contributed by atoms with Crippen molar-refractivity contribution in [2.75, 3.05) is 39.9 Å². The molecule has 18 heavy (non-hydrogen) atoms. The van der Waals surface area contributed by atoms with Gasteiger partial charge >= 0.3 is 12.0 Å². The maximum atomic E-state index is 12.1. The van der Waals surface area contributed by atoms with Gasteiger partial charge in [0.15, 0.2) is 0 Å². The zero-order chi connectivity index (χ0) is 14.0. The molecule has 0 aliphatic rings. The quantitative estimate of drug-likeness (QED) is 0.620. The lowest BCUT2D eigenvalue weighted by Crippen LogP contribution is -2.46. The van der Waals surface area contributed by atoms with E-state index in [1.165, 1.54) is 23.0 Å². The van der Waals surface area contributed by atoms with Gasteiger partial charge in [0.1, 0.15) is 6.54 Å². The summed E-state index contributed by atoms with van der Waals surface area (Å²) in [6, 6.07) is -0.366. The molecule has 1 N–H and O–H groups in total. The van der Waals surface area contributed by atoms with E-state index in [0.29, 0.717) is 19.7 Å². The van der Waals surface area contributed by atoms with Crippen LogP contribution in [0.4, 0.5) is 4.79 Å². The molecule has 0 fully saturated rings. The van der Waals surface area contributed by atoms with Crippen molar-refractivity contribution in [3.63, 3.8) is 0 Å². The Morgan fingerprint density at radius 3 is 2.22 bits per heavy atom. The van der Waals surface area contributed by atoms with E-state index in [1.54, 1.807) is 6.08 Å². The molecule has 6 heteroatoms. The van der Waals surface area contributed by atoms with Gasteiger partial charge in [-0.15, -0.1) is 13.2 Å². The molecule has 0 aromatic carbocycles. The second-order valence-corrected chi connectivity index (χ2v) is 3.57. The summed E-state index contributed by atoms with van der Waals surface area (Å²) in [7, 11) is 1.54. The standard InChI is InChI=1S/C12H20N2O4/c1-4-6-13(8-9-18-3)12(17)14(7-5-2)10-11(15)16/h4-5H,1-2,6-10H2,3H3,(H,15,16). The lowest BCUT2D eigenvalue weighted by molar-refractivity contribution is -0.137. The number of hydrogen-bond acceptors (Lipinski definition) is 3. The van der Waals surface area contributed by atoms with Crippen LogP contribution in [0, 0.1) is 0 Å². The number of carboxylic acid groups (broad SMARTS) is 1. The number of ether oxygens (including phenoxy) is 1. The summed E-state index contributed by atoms with van der Waals surface area (Å²) >= 11 is 0. The van der Waals surface area contributed by atoms with Crippen molar-refractivity contribution in [1.82, 2.24) is 9.80 Å². The highest BCUT2D eigenvalue weighted by atomic mass is 16.5. The Balaban J connectivity index is 4.68. The first kappa shape index (κ1) is 16.2. The van der Waals surface area contributed by atoms with Crippen molar-refractivity contribution < 1.29 is 19.4 Å². The molecule has 0 unspecified atom stereocenters. The third-order valence-corrected chi connectivity index (χ3v) is 2.13. The van der Waals surface area contributed by atoms with Crippen molar-refractivity contribution in [3.05, 3.63) is 25.3 Å². The number of carbonyl (C=O) groups is 2. The van der Waals surface area contributed by atoms with E-state index in [-0.39, 0.29) is 19.1 Å². The van der Waals surface area contributed by atoms with Gasteiger partial charge in [-0.05, 0) is 0 Å². The summed E-state index contributed by atoms with van der Waals surface area (Å²) in [5.41, 5.74) is 0. The Morgan fingerprint density at radius 1 is 1.22 bits per heavy atom. The number of carbonyl (C=O) groups excluding carboxylic acids is 1. The summed E-state index contributed by atoms with van der Waals surface area (Å²) < 4.78 is 4.91. The summed E-state index contributed by atoms with van der Waals surface area (Å²) in [6.07, 6.45) is 3.07. The number of rotatable bonds is 9. The minimum Gasteiger partial charge on any atom is -0.480 e. The van der Waals surface area contributed by atoms with E-state index >= 15 is 0 Å². The molecule has 6 nitrogen and oxygen atoms in total. The molecule has 0 radical (unpaired) electrons. The lowest BCUT2D eigenvalue weighted by atomic mass is 10.4. The normalized spacial score (nSPS) is 9.61. The second-order valence-electron chi connectivity index (χ2n) is 3.57. The molecule has 0 aromatic heterocycles. The molecule has 0 aliphatic heterocycles. The van der Waals surface area contributed by atoms with E-state index in [4.69, 9.17) is 9.84 Å². The highest BCUT2D eigenvalue weighted by Gasteiger charge is 2.20. The minimum absolute atomic E-state index is 0.186. The smallest absolute Gasteiger partial charge is 0.323 e. The minimum atomic E-state index is -1.06. The Kier molecular flexibility index (Phi) is 8.30. The van der Waals surface area contributed by atoms with E-state index < -0.39 is 5.97 Å². The fraction of sp³-hybridized carbons (Fsp3) is 0.500. The molecular formula is C12H20N2O4. The van der Waals surface area contributed by atoms with Gasteiger partial charge < -0.3 is 19.6 Å². The number of urea groups is 1. The fourth-order valence-corrected chi connectivity index (χ4v) is 1.35. The first-order valence-corrected chi connectivity index (χ1v) is 5.53. The average molecular weight is 256 g/mol. The van der Waals surface area contributed by atoms with Crippen LogP contribution in [0.15, 0.2) is 25.3 Å². The maximum Gasteiger partial charge on any atom is 0.323 e. The van der Waals surface area contributed by atoms with Crippen LogP contribution < -0.4 is 0 Å². The molecule has 0 spiro atoms. The van der Waals surface area contributed by atoms with Crippen LogP contribution in [-0.4, -0.2) is 66.8 Å². The highest BCUT2D eigenvalue weighted by Crippen LogP contribution is 2.00. The molecule has 0 aromatic rings. The zero-order valence-electron chi connectivity index (χ0n) is 10.7. The van der Waals surface area contributed by atoms with Crippen LogP contribution in [0.3, 0.4) is 0 Å². The third-order valence-electron chi connectivity index (χ3n) is 2.13. The van der Waals surface area contributed by atoms with Crippen molar-refractivity contribution in [2.24, 2.45) is 0 Å². The largest absolute Gasteiger partial charge is 0.480 e. The van der Waals surface area contributed by atoms with Crippen molar-refractivity contribution in [3.8, 4) is 0 Å². The predicted molar refractivity (Wildman–Crippen MR) is 68.4 cm³/mol. The molecule has 0 atom stereocenters. The summed E-state index contributed by atoms with van der Waals surface area (Å²) in [4.78, 5) is 25.5. The molecule has 2 amide bonds. The molecule has 0 aliphatic carbocycles. The Hall–Kier alpha value is -1.82. The summed E-state index contributed by atoms with van der Waals surface area (Å²) in [5, 5.41) is 8.76. The maximum absolute atomic E-state index is 12.1. The van der Waals surface area contributed by atoms with E-state index in [9.17, 15) is 9.59 Å². The molecular weight excluding hydrogens is 236 g/mol. The van der Waals surface area contributed by atoms with Gasteiger partial charge in [-0.25, -0.2) is 4.79 Å². The van der Waals surface area contributed by atoms with E-state index in [1.807, 2.05) is 0 Å². The number of nitrogens with zero attached hydrogens (tertiary/aromatic N) is 2. The third kappa shape index (κ3) is 6.05. The topological polar surface area (TPSA) is 70.1 Å². The molecule has 0 saturated heterocycles. The highest BCUT2D eigenvalue weighted by molar-refractivity contribution is 5.80. The average Bonchev–Trinajstić information content (AvgIpc) is 2.32. The van der Waals surface area contributed by atoms with Gasteiger partial charge in [-0.1, -0.05) is 12.2 Å². The van der Waals surface area contributed by atoms with Crippen LogP contribution in [0.1, 0.15) is 0 Å². The van der Waals surface area contributed by atoms with E-state index in [2.05, 4.69) is 13.2 Å². The first-order valence-electron chi connectivity index (χ1n) is 5.53. The van der Waals surface area contributed by atoms with Crippen molar-refractivity contribution >= 4 is 12.0 Å². The van der Waals surface area contributed by atoms with Crippen LogP contribution in [-0.2, 0) is 9.53 Å². The number of aliphatic carboxylic acids is 1. The monoisotopic (exact) mass is 256 g/mol. The molecule has 0 rings (SSSR count). The molecule has 102 valence electrons. The van der Waals surface area contributed by atoms with Crippen LogP contribution in [0.25, 0.3) is 0 Å².